The Morgan fingerprint density at radius 1 is 1.50 bits per heavy atom. The monoisotopic (exact) mass is 169 g/mol. The van der Waals surface area contributed by atoms with Crippen LogP contribution in [0.1, 0.15) is 12.8 Å². The van der Waals surface area contributed by atoms with Gasteiger partial charge in [-0.1, -0.05) is 0 Å². The normalized spacial score (nSPS) is 31.8. The van der Waals surface area contributed by atoms with Crippen molar-refractivity contribution in [2.75, 3.05) is 19.6 Å². The molecular weight excluding hydrogens is 154 g/mol. The molecule has 0 aromatic heterocycles. The Bertz CT molecular complexity index is 191. The molecule has 1 amide bonds. The fourth-order valence-electron chi connectivity index (χ4n) is 1.83. The van der Waals surface area contributed by atoms with Gasteiger partial charge in [-0.25, -0.2) is 0 Å². The number of nitrogens with two attached hydrogens (primary N) is 1. The standard InChI is InChI=1S/C8H15N3O/c9-8(12)7-5-10-3-4-11(7)6-1-2-6/h6-7,10H,1-5H2,(H2,9,12)/t7-/m0/s1. The minimum Gasteiger partial charge on any atom is -0.368 e. The molecule has 2 rings (SSSR count). The number of carbonyl (C=O) groups excluding carboxylic acids is 1. The first-order chi connectivity index (χ1) is 5.79. The van der Waals surface area contributed by atoms with Gasteiger partial charge in [0, 0.05) is 25.7 Å². The van der Waals surface area contributed by atoms with Gasteiger partial charge in [-0.3, -0.25) is 9.69 Å². The molecule has 0 aromatic carbocycles. The van der Waals surface area contributed by atoms with E-state index in [1.807, 2.05) is 0 Å². The molecule has 0 radical (unpaired) electrons. The predicted octanol–water partition coefficient (Wildman–Crippen LogP) is -1.09. The molecule has 1 atom stereocenters. The Balaban J connectivity index is 2.00. The maximum Gasteiger partial charge on any atom is 0.236 e. The maximum absolute atomic E-state index is 11.0. The van der Waals surface area contributed by atoms with Crippen LogP contribution in [0, 0.1) is 0 Å². The summed E-state index contributed by atoms with van der Waals surface area (Å²) in [6, 6.07) is 0.579. The summed E-state index contributed by atoms with van der Waals surface area (Å²) < 4.78 is 0. The molecule has 3 N–H and O–H groups in total. The molecule has 2 fully saturated rings. The van der Waals surface area contributed by atoms with E-state index in [9.17, 15) is 4.79 Å². The Morgan fingerprint density at radius 3 is 2.83 bits per heavy atom. The Kier molecular flexibility index (Phi) is 2.02. The smallest absolute Gasteiger partial charge is 0.236 e. The number of carbonyl (C=O) groups is 1. The van der Waals surface area contributed by atoms with Gasteiger partial charge >= 0.3 is 0 Å². The molecule has 1 saturated heterocycles. The number of piperazine rings is 1. The van der Waals surface area contributed by atoms with Crippen LogP contribution < -0.4 is 11.1 Å². The van der Waals surface area contributed by atoms with Gasteiger partial charge in [-0.05, 0) is 12.8 Å². The van der Waals surface area contributed by atoms with Crippen LogP contribution in [-0.4, -0.2) is 42.5 Å². The lowest BCUT2D eigenvalue weighted by atomic mass is 10.2. The van der Waals surface area contributed by atoms with Crippen molar-refractivity contribution in [3.8, 4) is 0 Å². The topological polar surface area (TPSA) is 58.4 Å². The molecule has 12 heavy (non-hydrogen) atoms. The summed E-state index contributed by atoms with van der Waals surface area (Å²) >= 11 is 0. The molecule has 0 aromatic rings. The summed E-state index contributed by atoms with van der Waals surface area (Å²) in [5.74, 6) is -0.186. The molecule has 2 aliphatic rings. The van der Waals surface area contributed by atoms with Gasteiger partial charge in [0.2, 0.25) is 5.91 Å². The van der Waals surface area contributed by atoms with E-state index >= 15 is 0 Å². The molecule has 0 spiro atoms. The van der Waals surface area contributed by atoms with Crippen LogP contribution in [-0.2, 0) is 4.79 Å². The largest absolute Gasteiger partial charge is 0.368 e. The van der Waals surface area contributed by atoms with Gasteiger partial charge in [-0.15, -0.1) is 0 Å². The fraction of sp³-hybridized carbons (Fsp3) is 0.875. The van der Waals surface area contributed by atoms with E-state index < -0.39 is 0 Å². The van der Waals surface area contributed by atoms with Crippen molar-refractivity contribution in [1.29, 1.82) is 0 Å². The minimum atomic E-state index is -0.186. The fourth-order valence-corrected chi connectivity index (χ4v) is 1.83. The van der Waals surface area contributed by atoms with Crippen LogP contribution in [0.15, 0.2) is 0 Å². The maximum atomic E-state index is 11.0. The first kappa shape index (κ1) is 8.01. The van der Waals surface area contributed by atoms with Crippen molar-refractivity contribution in [3.05, 3.63) is 0 Å². The lowest BCUT2D eigenvalue weighted by Crippen LogP contribution is -2.57. The number of nitrogens with one attached hydrogen (secondary N) is 1. The number of hydrogen-bond donors (Lipinski definition) is 2. The molecule has 1 aliphatic carbocycles. The van der Waals surface area contributed by atoms with Crippen molar-refractivity contribution >= 4 is 5.91 Å². The van der Waals surface area contributed by atoms with Gasteiger partial charge in [0.05, 0.1) is 0 Å². The Labute approximate surface area is 72.1 Å². The van der Waals surface area contributed by atoms with E-state index in [4.69, 9.17) is 5.73 Å². The van der Waals surface area contributed by atoms with Gasteiger partial charge in [0.1, 0.15) is 6.04 Å². The number of primary amides is 1. The van der Waals surface area contributed by atoms with E-state index in [0.29, 0.717) is 6.04 Å². The van der Waals surface area contributed by atoms with Crippen LogP contribution in [0.3, 0.4) is 0 Å². The zero-order valence-corrected chi connectivity index (χ0v) is 7.12. The average Bonchev–Trinajstić information content (AvgIpc) is 2.87. The molecule has 1 saturated carbocycles. The first-order valence-corrected chi connectivity index (χ1v) is 4.55. The van der Waals surface area contributed by atoms with Crippen molar-refractivity contribution in [2.45, 2.75) is 24.9 Å². The number of rotatable bonds is 2. The zero-order valence-electron chi connectivity index (χ0n) is 7.12. The summed E-state index contributed by atoms with van der Waals surface area (Å²) in [5, 5.41) is 3.19. The number of nitrogens with zero attached hydrogens (tertiary/aromatic N) is 1. The van der Waals surface area contributed by atoms with Crippen LogP contribution in [0.5, 0.6) is 0 Å². The highest BCUT2D eigenvalue weighted by Crippen LogP contribution is 2.28. The highest BCUT2D eigenvalue weighted by molar-refractivity contribution is 5.80. The first-order valence-electron chi connectivity index (χ1n) is 4.55. The number of amides is 1. The van der Waals surface area contributed by atoms with Crippen molar-refractivity contribution in [3.63, 3.8) is 0 Å². The lowest BCUT2D eigenvalue weighted by Gasteiger charge is -2.34. The summed E-state index contributed by atoms with van der Waals surface area (Å²) in [6.07, 6.45) is 2.48. The second-order valence-corrected chi connectivity index (χ2v) is 3.59. The molecule has 0 unspecified atom stereocenters. The third-order valence-corrected chi connectivity index (χ3v) is 2.63. The molecule has 68 valence electrons. The third kappa shape index (κ3) is 1.44. The van der Waals surface area contributed by atoms with Gasteiger partial charge in [0.15, 0.2) is 0 Å². The molecule has 1 heterocycles. The van der Waals surface area contributed by atoms with Crippen LogP contribution >= 0.6 is 0 Å². The lowest BCUT2D eigenvalue weighted by molar-refractivity contribution is -0.124. The highest BCUT2D eigenvalue weighted by Gasteiger charge is 2.37. The van der Waals surface area contributed by atoms with Gasteiger partial charge in [-0.2, -0.15) is 0 Å². The second kappa shape index (κ2) is 3.03. The summed E-state index contributed by atoms with van der Waals surface area (Å²) in [5.41, 5.74) is 5.30. The quantitative estimate of drug-likeness (QED) is 0.552. The number of hydrogen-bond acceptors (Lipinski definition) is 3. The molecule has 4 heteroatoms. The van der Waals surface area contributed by atoms with E-state index in [2.05, 4.69) is 10.2 Å². The van der Waals surface area contributed by atoms with Crippen molar-refractivity contribution in [2.24, 2.45) is 5.73 Å². The van der Waals surface area contributed by atoms with E-state index in [1.54, 1.807) is 0 Å². The molecular formula is C8H15N3O. The van der Waals surface area contributed by atoms with Crippen molar-refractivity contribution < 1.29 is 4.79 Å². The Morgan fingerprint density at radius 2 is 2.25 bits per heavy atom. The SMILES string of the molecule is NC(=O)[C@@H]1CNCCN1C1CC1. The Hall–Kier alpha value is -0.610. The second-order valence-electron chi connectivity index (χ2n) is 3.59. The summed E-state index contributed by atoms with van der Waals surface area (Å²) in [4.78, 5) is 13.3. The van der Waals surface area contributed by atoms with Crippen LogP contribution in [0.4, 0.5) is 0 Å². The third-order valence-electron chi connectivity index (χ3n) is 2.63. The van der Waals surface area contributed by atoms with Gasteiger partial charge < -0.3 is 11.1 Å². The van der Waals surface area contributed by atoms with Gasteiger partial charge in [0.25, 0.3) is 0 Å². The van der Waals surface area contributed by atoms with E-state index in [0.717, 1.165) is 19.6 Å². The van der Waals surface area contributed by atoms with E-state index in [-0.39, 0.29) is 11.9 Å². The zero-order chi connectivity index (χ0) is 8.55. The summed E-state index contributed by atoms with van der Waals surface area (Å²) in [7, 11) is 0. The van der Waals surface area contributed by atoms with Crippen LogP contribution in [0.2, 0.25) is 0 Å². The van der Waals surface area contributed by atoms with Crippen LogP contribution in [0.25, 0.3) is 0 Å². The highest BCUT2D eigenvalue weighted by atomic mass is 16.1. The molecule has 1 aliphatic heterocycles. The van der Waals surface area contributed by atoms with E-state index in [1.165, 1.54) is 12.8 Å². The average molecular weight is 169 g/mol. The molecule has 4 nitrogen and oxygen atoms in total. The minimum absolute atomic E-state index is 0.0637. The summed E-state index contributed by atoms with van der Waals surface area (Å²) in [6.45, 7) is 2.68. The molecule has 0 bridgehead atoms. The van der Waals surface area contributed by atoms with Crippen molar-refractivity contribution in [1.82, 2.24) is 10.2 Å². The predicted molar refractivity (Wildman–Crippen MR) is 45.6 cm³/mol.